The van der Waals surface area contributed by atoms with Crippen molar-refractivity contribution in [3.63, 3.8) is 0 Å². The zero-order valence-corrected chi connectivity index (χ0v) is 23.3. The highest BCUT2D eigenvalue weighted by Crippen LogP contribution is 2.48. The second-order valence-electron chi connectivity index (χ2n) is 11.8. The van der Waals surface area contributed by atoms with Gasteiger partial charge in [0, 0.05) is 25.6 Å². The lowest BCUT2D eigenvalue weighted by molar-refractivity contribution is -0.138. The van der Waals surface area contributed by atoms with Crippen molar-refractivity contribution in [3.8, 4) is 0 Å². The van der Waals surface area contributed by atoms with E-state index in [0.717, 1.165) is 43.1 Å². The monoisotopic (exact) mass is 577 g/mol. The first kappa shape index (κ1) is 27.3. The molecule has 1 atom stereocenters. The molecule has 3 fully saturated rings. The number of nitrogen functional groups attached to an aromatic ring is 1. The summed E-state index contributed by atoms with van der Waals surface area (Å²) in [6.07, 6.45) is 0.0128. The largest absolute Gasteiger partial charge is 0.416 e. The number of aromatic nitrogens is 3. The van der Waals surface area contributed by atoms with Crippen molar-refractivity contribution < 1.29 is 26.3 Å². The Morgan fingerprint density at radius 1 is 1.20 bits per heavy atom. The number of nitrogens with two attached hydrogens (primary N) is 1. The molecule has 1 aliphatic carbocycles. The van der Waals surface area contributed by atoms with Crippen LogP contribution in [-0.4, -0.2) is 60.8 Å². The first-order valence-corrected chi connectivity index (χ1v) is 15.6. The van der Waals surface area contributed by atoms with Crippen LogP contribution in [0.25, 0.3) is 5.65 Å². The van der Waals surface area contributed by atoms with Crippen molar-refractivity contribution in [2.45, 2.75) is 51.6 Å². The van der Waals surface area contributed by atoms with Crippen molar-refractivity contribution in [3.05, 3.63) is 52.3 Å². The first-order chi connectivity index (χ1) is 18.9. The topological polar surface area (TPSA) is 103 Å². The number of anilines is 2. The van der Waals surface area contributed by atoms with Crippen LogP contribution in [0, 0.1) is 18.3 Å². The molecule has 4 heterocycles. The van der Waals surface area contributed by atoms with E-state index in [4.69, 9.17) is 20.6 Å². The minimum absolute atomic E-state index is 0.153. The molecule has 2 aliphatic heterocycles. The van der Waals surface area contributed by atoms with Gasteiger partial charge < -0.3 is 15.4 Å². The zero-order valence-electron chi connectivity index (χ0n) is 22.5. The summed E-state index contributed by atoms with van der Waals surface area (Å²) >= 11 is 0. The number of nitrogens with zero attached hydrogens (tertiary/aromatic N) is 4. The maximum absolute atomic E-state index is 13.7. The first-order valence-electron chi connectivity index (χ1n) is 13.8. The minimum atomic E-state index is -4.45. The van der Waals surface area contributed by atoms with Crippen LogP contribution in [0.1, 0.15) is 53.8 Å². The maximum atomic E-state index is 13.7. The van der Waals surface area contributed by atoms with Gasteiger partial charge >= 0.3 is 6.18 Å². The predicted octanol–water partition coefficient (Wildman–Crippen LogP) is 4.21. The number of hydrogen-bond donors (Lipinski definition) is 1. The Balaban J connectivity index is 1.40. The minimum Gasteiger partial charge on any atom is -0.396 e. The second-order valence-corrected chi connectivity index (χ2v) is 13.8. The van der Waals surface area contributed by atoms with Crippen LogP contribution in [-0.2, 0) is 33.6 Å². The number of hydrogen-bond acceptors (Lipinski definition) is 7. The van der Waals surface area contributed by atoms with Crippen molar-refractivity contribution in [1.82, 2.24) is 14.6 Å². The third-order valence-corrected chi connectivity index (χ3v) is 10.9. The van der Waals surface area contributed by atoms with Crippen molar-refractivity contribution >= 4 is 27.0 Å². The Kier molecular flexibility index (Phi) is 6.76. The number of imidazole rings is 1. The summed E-state index contributed by atoms with van der Waals surface area (Å²) in [6, 6.07) is 6.06. The third kappa shape index (κ3) is 5.15. The molecule has 2 N–H and O–H groups in total. The van der Waals surface area contributed by atoms with Crippen molar-refractivity contribution in [2.24, 2.45) is 11.3 Å². The highest BCUT2D eigenvalue weighted by Gasteiger charge is 2.50. The number of rotatable bonds is 5. The summed E-state index contributed by atoms with van der Waals surface area (Å²) in [5.74, 6) is 1.40. The van der Waals surface area contributed by atoms with E-state index in [1.165, 1.54) is 13.0 Å². The van der Waals surface area contributed by atoms with Crippen molar-refractivity contribution in [1.29, 1.82) is 0 Å². The molecule has 0 bridgehead atoms. The average molecular weight is 578 g/mol. The molecular formula is C28H34F3N5O3S. The predicted molar refractivity (Wildman–Crippen MR) is 146 cm³/mol. The van der Waals surface area contributed by atoms with Crippen LogP contribution in [0.2, 0.25) is 0 Å². The van der Waals surface area contributed by atoms with E-state index in [-0.39, 0.29) is 34.8 Å². The van der Waals surface area contributed by atoms with E-state index in [1.807, 2.05) is 0 Å². The highest BCUT2D eigenvalue weighted by atomic mass is 32.2. The molecule has 6 rings (SSSR count). The smallest absolute Gasteiger partial charge is 0.396 e. The molecule has 8 nitrogen and oxygen atoms in total. The van der Waals surface area contributed by atoms with Gasteiger partial charge in [-0.1, -0.05) is 25.0 Å². The number of benzene rings is 1. The Labute approximate surface area is 231 Å². The van der Waals surface area contributed by atoms with Gasteiger partial charge in [-0.2, -0.15) is 13.2 Å². The standard InChI is InChI=1S/C28H34F3N5O3S/c1-18-20(5-2-6-21(18)28(29,30)31)13-24-23(12-19-4-3-7-27(15-19)16-40(37,38)17-27)33-26-22(32)14-25(34-36(24)26)35-8-10-39-11-9-35/h2,5-6,14,19H,3-4,7-13,15-17,32H2,1H3. The van der Waals surface area contributed by atoms with E-state index < -0.39 is 21.6 Å². The quantitative estimate of drug-likeness (QED) is 0.485. The Bertz CT molecular complexity index is 1530. The van der Waals surface area contributed by atoms with Gasteiger partial charge in [-0.15, -0.1) is 5.10 Å². The third-order valence-electron chi connectivity index (χ3n) is 8.80. The van der Waals surface area contributed by atoms with Crippen LogP contribution in [0.5, 0.6) is 0 Å². The molecule has 40 heavy (non-hydrogen) atoms. The molecule has 1 saturated carbocycles. The molecule has 216 valence electrons. The SMILES string of the molecule is Cc1c(Cc2c(CC3CCCC4(C3)CS(=O)(=O)C4)nc3c(N)cc(N4CCOCC4)nn23)cccc1C(F)(F)F. The molecule has 0 radical (unpaired) electrons. The van der Waals surface area contributed by atoms with E-state index in [0.29, 0.717) is 55.4 Å². The lowest BCUT2D eigenvalue weighted by Gasteiger charge is -2.46. The number of ether oxygens (including phenoxy) is 1. The number of sulfone groups is 1. The number of halogens is 3. The molecular weight excluding hydrogens is 543 g/mol. The Hall–Kier alpha value is -2.86. The fourth-order valence-electron chi connectivity index (χ4n) is 6.95. The Morgan fingerprint density at radius 2 is 1.95 bits per heavy atom. The molecule has 3 aromatic rings. The Morgan fingerprint density at radius 3 is 2.65 bits per heavy atom. The molecule has 3 aliphatic rings. The molecule has 12 heteroatoms. The summed E-state index contributed by atoms with van der Waals surface area (Å²) in [7, 11) is -2.95. The summed E-state index contributed by atoms with van der Waals surface area (Å²) < 4.78 is 72.4. The fraction of sp³-hybridized carbons (Fsp3) is 0.571. The fourth-order valence-corrected chi connectivity index (χ4v) is 9.26. The van der Waals surface area contributed by atoms with Gasteiger partial charge in [-0.25, -0.2) is 17.9 Å². The molecule has 1 aromatic carbocycles. The van der Waals surface area contributed by atoms with E-state index in [9.17, 15) is 21.6 Å². The van der Waals surface area contributed by atoms with Gasteiger partial charge in [0.15, 0.2) is 21.3 Å². The van der Waals surface area contributed by atoms with Crippen molar-refractivity contribution in [2.75, 3.05) is 48.4 Å². The van der Waals surface area contributed by atoms with Gasteiger partial charge in [-0.05, 0) is 54.7 Å². The van der Waals surface area contributed by atoms with Gasteiger partial charge in [0.25, 0.3) is 0 Å². The van der Waals surface area contributed by atoms with E-state index in [1.54, 1.807) is 16.6 Å². The van der Waals surface area contributed by atoms with Gasteiger partial charge in [-0.3, -0.25) is 0 Å². The summed E-state index contributed by atoms with van der Waals surface area (Å²) in [5, 5.41) is 4.89. The highest BCUT2D eigenvalue weighted by molar-refractivity contribution is 7.92. The summed E-state index contributed by atoms with van der Waals surface area (Å²) in [5.41, 5.74) is 8.86. The molecule has 2 saturated heterocycles. The van der Waals surface area contributed by atoms with E-state index >= 15 is 0 Å². The van der Waals surface area contributed by atoms with Crippen LogP contribution in [0.15, 0.2) is 24.3 Å². The van der Waals surface area contributed by atoms with Crippen LogP contribution >= 0.6 is 0 Å². The lowest BCUT2D eigenvalue weighted by atomic mass is 9.70. The molecule has 1 unspecified atom stereocenters. The maximum Gasteiger partial charge on any atom is 0.416 e. The zero-order chi connectivity index (χ0) is 28.3. The van der Waals surface area contributed by atoms with Crippen LogP contribution in [0.4, 0.5) is 24.7 Å². The molecule has 2 aromatic heterocycles. The average Bonchev–Trinajstić information content (AvgIpc) is 3.21. The number of fused-ring (bicyclic) bond motifs is 1. The van der Waals surface area contributed by atoms with E-state index in [2.05, 4.69) is 4.90 Å². The van der Waals surface area contributed by atoms with Crippen LogP contribution in [0.3, 0.4) is 0 Å². The van der Waals surface area contributed by atoms with Gasteiger partial charge in [0.1, 0.15) is 0 Å². The molecule has 1 spiro atoms. The molecule has 0 amide bonds. The second kappa shape index (κ2) is 9.90. The van der Waals surface area contributed by atoms with Gasteiger partial charge in [0.2, 0.25) is 0 Å². The number of alkyl halides is 3. The summed E-state index contributed by atoms with van der Waals surface area (Å²) in [4.78, 5) is 6.99. The van der Waals surface area contributed by atoms with Crippen LogP contribution < -0.4 is 10.6 Å². The number of morpholine rings is 1. The summed E-state index contributed by atoms with van der Waals surface area (Å²) in [6.45, 7) is 3.97. The lowest BCUT2D eigenvalue weighted by Crippen LogP contribution is -2.51. The van der Waals surface area contributed by atoms with Gasteiger partial charge in [0.05, 0.1) is 47.4 Å². The normalized spacial score (nSPS) is 22.5.